The maximum atomic E-state index is 12.2. The Kier molecular flexibility index (Phi) is 6.69. The normalized spacial score (nSPS) is 11.0. The van der Waals surface area contributed by atoms with Crippen LogP contribution in [0.5, 0.6) is 0 Å². The van der Waals surface area contributed by atoms with E-state index in [1.54, 1.807) is 26.0 Å². The van der Waals surface area contributed by atoms with Gasteiger partial charge in [-0.1, -0.05) is 37.1 Å². The number of rotatable bonds is 7. The summed E-state index contributed by atoms with van der Waals surface area (Å²) in [5.41, 5.74) is -0.143. The average molecular weight is 311 g/mol. The second-order valence-corrected chi connectivity index (χ2v) is 5.98. The highest BCUT2D eigenvalue weighted by Crippen LogP contribution is 2.16. The SMILES string of the molecule is CCCCNC(=O)C(C)(C)C(=O)NCc1ccc(Cl)cc1. The number of benzene rings is 1. The maximum absolute atomic E-state index is 12.2. The molecular formula is C16H23ClN2O2. The van der Waals surface area contributed by atoms with Gasteiger partial charge in [0.2, 0.25) is 11.8 Å². The molecule has 1 aromatic rings. The van der Waals surface area contributed by atoms with E-state index in [2.05, 4.69) is 17.6 Å². The first-order valence-electron chi connectivity index (χ1n) is 7.19. The third kappa shape index (κ3) is 5.38. The van der Waals surface area contributed by atoms with Gasteiger partial charge in [0.05, 0.1) is 0 Å². The molecule has 0 bridgehead atoms. The molecule has 0 saturated heterocycles. The first-order valence-corrected chi connectivity index (χ1v) is 7.56. The van der Waals surface area contributed by atoms with Gasteiger partial charge in [-0.05, 0) is 38.0 Å². The quantitative estimate of drug-likeness (QED) is 0.601. The molecule has 1 aromatic carbocycles. The van der Waals surface area contributed by atoms with Crippen molar-refractivity contribution in [1.29, 1.82) is 0 Å². The zero-order valence-electron chi connectivity index (χ0n) is 12.8. The minimum absolute atomic E-state index is 0.246. The predicted octanol–water partition coefficient (Wildman–Crippen LogP) is 2.90. The highest BCUT2D eigenvalue weighted by molar-refractivity contribution is 6.30. The van der Waals surface area contributed by atoms with Crippen molar-refractivity contribution >= 4 is 23.4 Å². The van der Waals surface area contributed by atoms with Gasteiger partial charge in [-0.25, -0.2) is 0 Å². The summed E-state index contributed by atoms with van der Waals surface area (Å²) in [5, 5.41) is 6.23. The first-order chi connectivity index (χ1) is 9.87. The summed E-state index contributed by atoms with van der Waals surface area (Å²) in [7, 11) is 0. The lowest BCUT2D eigenvalue weighted by molar-refractivity contribution is -0.141. The van der Waals surface area contributed by atoms with Crippen LogP contribution in [-0.4, -0.2) is 18.4 Å². The van der Waals surface area contributed by atoms with Crippen LogP contribution in [0.3, 0.4) is 0 Å². The average Bonchev–Trinajstić information content (AvgIpc) is 2.46. The van der Waals surface area contributed by atoms with Crippen molar-refractivity contribution in [2.75, 3.05) is 6.54 Å². The topological polar surface area (TPSA) is 58.2 Å². The molecule has 0 aliphatic carbocycles. The van der Waals surface area contributed by atoms with Crippen molar-refractivity contribution in [3.63, 3.8) is 0 Å². The van der Waals surface area contributed by atoms with Gasteiger partial charge < -0.3 is 10.6 Å². The molecule has 116 valence electrons. The lowest BCUT2D eigenvalue weighted by atomic mass is 9.91. The Bertz CT molecular complexity index is 484. The number of nitrogens with one attached hydrogen (secondary N) is 2. The van der Waals surface area contributed by atoms with Crippen molar-refractivity contribution in [2.45, 2.75) is 40.2 Å². The minimum Gasteiger partial charge on any atom is -0.355 e. The number of halogens is 1. The third-order valence-corrected chi connectivity index (χ3v) is 3.57. The van der Waals surface area contributed by atoms with Crippen molar-refractivity contribution in [3.8, 4) is 0 Å². The van der Waals surface area contributed by atoms with Gasteiger partial charge in [0.15, 0.2) is 0 Å². The summed E-state index contributed by atoms with van der Waals surface area (Å²) in [4.78, 5) is 24.2. The molecule has 0 aliphatic rings. The summed E-state index contributed by atoms with van der Waals surface area (Å²) < 4.78 is 0. The summed E-state index contributed by atoms with van der Waals surface area (Å²) >= 11 is 5.81. The van der Waals surface area contributed by atoms with Crippen LogP contribution in [0, 0.1) is 5.41 Å². The number of carbonyl (C=O) groups is 2. The van der Waals surface area contributed by atoms with E-state index in [0.717, 1.165) is 18.4 Å². The van der Waals surface area contributed by atoms with Gasteiger partial charge in [0.1, 0.15) is 5.41 Å². The van der Waals surface area contributed by atoms with Gasteiger partial charge in [-0.2, -0.15) is 0 Å². The lowest BCUT2D eigenvalue weighted by Crippen LogP contribution is -2.47. The molecule has 5 heteroatoms. The molecule has 0 heterocycles. The Labute approximate surface area is 131 Å². The van der Waals surface area contributed by atoms with Gasteiger partial charge >= 0.3 is 0 Å². The molecule has 1 rings (SSSR count). The molecule has 4 nitrogen and oxygen atoms in total. The smallest absolute Gasteiger partial charge is 0.235 e. The summed E-state index contributed by atoms with van der Waals surface area (Å²) in [6, 6.07) is 7.23. The summed E-state index contributed by atoms with van der Waals surface area (Å²) in [6.07, 6.45) is 1.91. The monoisotopic (exact) mass is 310 g/mol. The zero-order chi connectivity index (χ0) is 15.9. The molecule has 0 atom stereocenters. The van der Waals surface area contributed by atoms with Crippen molar-refractivity contribution in [1.82, 2.24) is 10.6 Å². The third-order valence-electron chi connectivity index (χ3n) is 3.32. The molecule has 0 unspecified atom stereocenters. The van der Waals surface area contributed by atoms with E-state index < -0.39 is 5.41 Å². The molecule has 0 radical (unpaired) electrons. The van der Waals surface area contributed by atoms with Crippen LogP contribution < -0.4 is 10.6 Å². The number of hydrogen-bond acceptors (Lipinski definition) is 2. The van der Waals surface area contributed by atoms with E-state index >= 15 is 0 Å². The van der Waals surface area contributed by atoms with Crippen LogP contribution in [0.2, 0.25) is 5.02 Å². The number of unbranched alkanes of at least 4 members (excludes halogenated alkanes) is 1. The Balaban J connectivity index is 2.52. The molecule has 0 aromatic heterocycles. The Morgan fingerprint density at radius 3 is 2.24 bits per heavy atom. The summed E-state index contributed by atoms with van der Waals surface area (Å²) in [5.74, 6) is -0.531. The largest absolute Gasteiger partial charge is 0.355 e. The van der Waals surface area contributed by atoms with E-state index in [1.807, 2.05) is 12.1 Å². The van der Waals surface area contributed by atoms with Gasteiger partial charge in [-0.3, -0.25) is 9.59 Å². The molecule has 0 aliphatic heterocycles. The molecule has 0 saturated carbocycles. The molecule has 0 fully saturated rings. The van der Waals surface area contributed by atoms with Gasteiger partial charge in [0.25, 0.3) is 0 Å². The van der Waals surface area contributed by atoms with E-state index in [9.17, 15) is 9.59 Å². The standard InChI is InChI=1S/C16H23ClN2O2/c1-4-5-10-18-14(20)16(2,3)15(21)19-11-12-6-8-13(17)9-7-12/h6-9H,4-5,10-11H2,1-3H3,(H,18,20)(H,19,21). The lowest BCUT2D eigenvalue weighted by Gasteiger charge is -2.22. The Hall–Kier alpha value is -1.55. The number of hydrogen-bond donors (Lipinski definition) is 2. The van der Waals surface area contributed by atoms with Crippen LogP contribution in [0.4, 0.5) is 0 Å². The van der Waals surface area contributed by atoms with Gasteiger partial charge in [-0.15, -0.1) is 0 Å². The first kappa shape index (κ1) is 17.5. The van der Waals surface area contributed by atoms with E-state index in [1.165, 1.54) is 0 Å². The van der Waals surface area contributed by atoms with E-state index in [0.29, 0.717) is 18.1 Å². The second kappa shape index (κ2) is 8.03. The molecular weight excluding hydrogens is 288 g/mol. The molecule has 2 amide bonds. The second-order valence-electron chi connectivity index (χ2n) is 5.54. The van der Waals surface area contributed by atoms with Gasteiger partial charge in [0, 0.05) is 18.1 Å². The summed E-state index contributed by atoms with van der Waals surface area (Å²) in [6.45, 7) is 6.29. The highest BCUT2D eigenvalue weighted by Gasteiger charge is 2.35. The van der Waals surface area contributed by atoms with Crippen LogP contribution in [0.15, 0.2) is 24.3 Å². The van der Waals surface area contributed by atoms with E-state index in [4.69, 9.17) is 11.6 Å². The molecule has 2 N–H and O–H groups in total. The van der Waals surface area contributed by atoms with Crippen LogP contribution >= 0.6 is 11.6 Å². The zero-order valence-corrected chi connectivity index (χ0v) is 13.6. The van der Waals surface area contributed by atoms with Crippen LogP contribution in [-0.2, 0) is 16.1 Å². The fourth-order valence-corrected chi connectivity index (χ4v) is 1.83. The predicted molar refractivity (Wildman–Crippen MR) is 85.0 cm³/mol. The number of amides is 2. The van der Waals surface area contributed by atoms with Crippen LogP contribution in [0.1, 0.15) is 39.2 Å². The van der Waals surface area contributed by atoms with E-state index in [-0.39, 0.29) is 11.8 Å². The Morgan fingerprint density at radius 1 is 1.10 bits per heavy atom. The maximum Gasteiger partial charge on any atom is 0.235 e. The Morgan fingerprint density at radius 2 is 1.67 bits per heavy atom. The number of carbonyl (C=O) groups excluding carboxylic acids is 2. The van der Waals surface area contributed by atoms with Crippen molar-refractivity contribution in [2.24, 2.45) is 5.41 Å². The molecule has 21 heavy (non-hydrogen) atoms. The van der Waals surface area contributed by atoms with Crippen molar-refractivity contribution < 1.29 is 9.59 Å². The fraction of sp³-hybridized carbons (Fsp3) is 0.500. The van der Waals surface area contributed by atoms with Crippen molar-refractivity contribution in [3.05, 3.63) is 34.9 Å². The fourth-order valence-electron chi connectivity index (χ4n) is 1.71. The molecule has 0 spiro atoms. The minimum atomic E-state index is -1.08. The van der Waals surface area contributed by atoms with Crippen LogP contribution in [0.25, 0.3) is 0 Å². The highest BCUT2D eigenvalue weighted by atomic mass is 35.5.